The Labute approximate surface area is 145 Å². The third kappa shape index (κ3) is 2.78. The summed E-state index contributed by atoms with van der Waals surface area (Å²) < 4.78 is 5.61. The van der Waals surface area contributed by atoms with E-state index in [-0.39, 0.29) is 30.2 Å². The normalized spacial score (nSPS) is 26.7. The molecular formula is C18H21N3O4. The van der Waals surface area contributed by atoms with E-state index in [9.17, 15) is 14.4 Å². The molecule has 7 nitrogen and oxygen atoms in total. The van der Waals surface area contributed by atoms with Gasteiger partial charge >= 0.3 is 0 Å². The maximum Gasteiger partial charge on any atom is 0.255 e. The Morgan fingerprint density at radius 3 is 2.84 bits per heavy atom. The summed E-state index contributed by atoms with van der Waals surface area (Å²) in [5, 5.41) is 2.34. The van der Waals surface area contributed by atoms with Crippen LogP contribution >= 0.6 is 0 Å². The lowest BCUT2D eigenvalue weighted by Gasteiger charge is -2.34. The van der Waals surface area contributed by atoms with Crippen molar-refractivity contribution in [2.45, 2.75) is 38.5 Å². The van der Waals surface area contributed by atoms with E-state index in [1.165, 1.54) is 0 Å². The van der Waals surface area contributed by atoms with Crippen LogP contribution in [0.2, 0.25) is 0 Å². The molecule has 0 radical (unpaired) electrons. The van der Waals surface area contributed by atoms with Gasteiger partial charge in [0.05, 0.1) is 12.7 Å². The zero-order chi connectivity index (χ0) is 17.6. The first-order valence-electron chi connectivity index (χ1n) is 8.67. The molecule has 7 heteroatoms. The monoisotopic (exact) mass is 343 g/mol. The molecule has 0 bridgehead atoms. The number of nitrogens with zero attached hydrogens (tertiary/aromatic N) is 2. The number of hydrogen-bond donors (Lipinski definition) is 1. The lowest BCUT2D eigenvalue weighted by Crippen LogP contribution is -2.52. The summed E-state index contributed by atoms with van der Waals surface area (Å²) in [4.78, 5) is 40.2. The Bertz CT molecular complexity index is 748. The Hall–Kier alpha value is -2.41. The van der Waals surface area contributed by atoms with Gasteiger partial charge in [0, 0.05) is 42.9 Å². The van der Waals surface area contributed by atoms with Crippen LogP contribution in [-0.4, -0.2) is 54.5 Å². The van der Waals surface area contributed by atoms with Crippen molar-refractivity contribution >= 4 is 23.4 Å². The van der Waals surface area contributed by atoms with Crippen LogP contribution in [0.4, 0.5) is 5.69 Å². The highest BCUT2D eigenvalue weighted by atomic mass is 16.5. The number of nitrogens with one attached hydrogen (secondary N) is 1. The minimum Gasteiger partial charge on any atom is -0.375 e. The standard InChI is InChI=1S/C18H21N3O4/c1-11-9-20(7-8-25-11)14-4-2-3-12-13(14)10-21(18(12)24)15-5-6-16(22)19-17(15)23/h2-4,11,15H,5-10H2,1H3,(H,19,22,23). The van der Waals surface area contributed by atoms with Gasteiger partial charge in [0.2, 0.25) is 11.8 Å². The molecule has 3 heterocycles. The summed E-state index contributed by atoms with van der Waals surface area (Å²) in [7, 11) is 0. The second kappa shape index (κ2) is 6.15. The molecule has 1 aromatic rings. The predicted octanol–water partition coefficient (Wildman–Crippen LogP) is 0.673. The van der Waals surface area contributed by atoms with Crippen molar-refractivity contribution in [2.75, 3.05) is 24.6 Å². The lowest BCUT2D eigenvalue weighted by atomic mass is 10.0. The molecule has 2 unspecified atom stereocenters. The van der Waals surface area contributed by atoms with Gasteiger partial charge in [-0.15, -0.1) is 0 Å². The number of morpholine rings is 1. The highest BCUT2D eigenvalue weighted by Crippen LogP contribution is 2.34. The van der Waals surface area contributed by atoms with Crippen LogP contribution in [0.25, 0.3) is 0 Å². The molecule has 25 heavy (non-hydrogen) atoms. The van der Waals surface area contributed by atoms with Crippen molar-refractivity contribution in [3.8, 4) is 0 Å². The van der Waals surface area contributed by atoms with Gasteiger partial charge < -0.3 is 14.5 Å². The van der Waals surface area contributed by atoms with Crippen molar-refractivity contribution in [3.05, 3.63) is 29.3 Å². The van der Waals surface area contributed by atoms with E-state index in [4.69, 9.17) is 4.74 Å². The van der Waals surface area contributed by atoms with Crippen LogP contribution in [-0.2, 0) is 20.9 Å². The highest BCUT2D eigenvalue weighted by Gasteiger charge is 2.40. The Balaban J connectivity index is 1.62. The minimum atomic E-state index is -0.575. The van der Waals surface area contributed by atoms with Crippen molar-refractivity contribution < 1.29 is 19.1 Å². The maximum atomic E-state index is 12.8. The van der Waals surface area contributed by atoms with Crippen LogP contribution in [0, 0.1) is 0 Å². The fourth-order valence-corrected chi connectivity index (χ4v) is 3.90. The Morgan fingerprint density at radius 2 is 2.08 bits per heavy atom. The number of carbonyl (C=O) groups excluding carboxylic acids is 3. The van der Waals surface area contributed by atoms with E-state index in [1.54, 1.807) is 4.90 Å². The highest BCUT2D eigenvalue weighted by molar-refractivity contribution is 6.06. The third-order valence-electron chi connectivity index (χ3n) is 5.14. The fourth-order valence-electron chi connectivity index (χ4n) is 3.90. The number of benzene rings is 1. The lowest BCUT2D eigenvalue weighted by molar-refractivity contribution is -0.136. The molecule has 2 fully saturated rings. The second-order valence-electron chi connectivity index (χ2n) is 6.83. The van der Waals surface area contributed by atoms with Crippen molar-refractivity contribution in [1.82, 2.24) is 10.2 Å². The van der Waals surface area contributed by atoms with Gasteiger partial charge in [0.25, 0.3) is 5.91 Å². The van der Waals surface area contributed by atoms with Gasteiger partial charge in [-0.05, 0) is 25.5 Å². The van der Waals surface area contributed by atoms with Crippen molar-refractivity contribution in [1.29, 1.82) is 0 Å². The summed E-state index contributed by atoms with van der Waals surface area (Å²) in [5.41, 5.74) is 2.66. The Kier molecular flexibility index (Phi) is 3.95. The molecule has 132 valence electrons. The van der Waals surface area contributed by atoms with Crippen LogP contribution in [0.15, 0.2) is 18.2 Å². The van der Waals surface area contributed by atoms with Gasteiger partial charge in [0.1, 0.15) is 6.04 Å². The first kappa shape index (κ1) is 16.1. The number of amides is 3. The molecule has 0 saturated carbocycles. The average Bonchev–Trinajstić information content (AvgIpc) is 2.92. The molecule has 3 aliphatic heterocycles. The zero-order valence-corrected chi connectivity index (χ0v) is 14.2. The number of hydrogen-bond acceptors (Lipinski definition) is 5. The number of rotatable bonds is 2. The van der Waals surface area contributed by atoms with Gasteiger partial charge in [-0.2, -0.15) is 0 Å². The summed E-state index contributed by atoms with van der Waals surface area (Å²) in [6.45, 7) is 4.67. The van der Waals surface area contributed by atoms with Gasteiger partial charge in [-0.1, -0.05) is 6.07 Å². The van der Waals surface area contributed by atoms with Gasteiger partial charge in [0.15, 0.2) is 0 Å². The number of piperidine rings is 1. The van der Waals surface area contributed by atoms with Crippen LogP contribution in [0.1, 0.15) is 35.7 Å². The number of ether oxygens (including phenoxy) is 1. The molecule has 1 N–H and O–H groups in total. The van der Waals surface area contributed by atoms with Crippen LogP contribution in [0.5, 0.6) is 0 Å². The third-order valence-corrected chi connectivity index (χ3v) is 5.14. The molecule has 3 amide bonds. The van der Waals surface area contributed by atoms with Gasteiger partial charge in [-0.25, -0.2) is 0 Å². The molecule has 3 aliphatic rings. The smallest absolute Gasteiger partial charge is 0.255 e. The number of anilines is 1. The van der Waals surface area contributed by atoms with Crippen molar-refractivity contribution in [2.24, 2.45) is 0 Å². The van der Waals surface area contributed by atoms with E-state index in [0.717, 1.165) is 24.3 Å². The largest absolute Gasteiger partial charge is 0.375 e. The van der Waals surface area contributed by atoms with Crippen LogP contribution in [0.3, 0.4) is 0 Å². The zero-order valence-electron chi connectivity index (χ0n) is 14.2. The fraction of sp³-hybridized carbons (Fsp3) is 0.500. The minimum absolute atomic E-state index is 0.132. The number of fused-ring (bicyclic) bond motifs is 1. The molecule has 0 aromatic heterocycles. The average molecular weight is 343 g/mol. The SMILES string of the molecule is CC1CN(c2cccc3c2CN(C2CCC(=O)NC2=O)C3=O)CCO1. The quantitative estimate of drug-likeness (QED) is 0.799. The molecule has 2 saturated heterocycles. The van der Waals surface area contributed by atoms with E-state index in [2.05, 4.69) is 10.2 Å². The van der Waals surface area contributed by atoms with E-state index in [0.29, 0.717) is 25.1 Å². The van der Waals surface area contributed by atoms with E-state index >= 15 is 0 Å². The molecule has 4 rings (SSSR count). The van der Waals surface area contributed by atoms with Crippen molar-refractivity contribution in [3.63, 3.8) is 0 Å². The summed E-state index contributed by atoms with van der Waals surface area (Å²) in [6, 6.07) is 5.16. The summed E-state index contributed by atoms with van der Waals surface area (Å²) in [6.07, 6.45) is 0.798. The first-order chi connectivity index (χ1) is 12.0. The number of imide groups is 1. The molecule has 2 atom stereocenters. The summed E-state index contributed by atoms with van der Waals surface area (Å²) in [5.74, 6) is -0.778. The number of carbonyl (C=O) groups is 3. The van der Waals surface area contributed by atoms with Gasteiger partial charge in [-0.3, -0.25) is 19.7 Å². The van der Waals surface area contributed by atoms with Crippen LogP contribution < -0.4 is 10.2 Å². The molecular weight excluding hydrogens is 322 g/mol. The molecule has 0 aliphatic carbocycles. The Morgan fingerprint density at radius 1 is 1.24 bits per heavy atom. The van der Waals surface area contributed by atoms with E-state index in [1.807, 2.05) is 25.1 Å². The maximum absolute atomic E-state index is 12.8. The first-order valence-corrected chi connectivity index (χ1v) is 8.67. The second-order valence-corrected chi connectivity index (χ2v) is 6.83. The molecule has 0 spiro atoms. The summed E-state index contributed by atoms with van der Waals surface area (Å²) >= 11 is 0. The topological polar surface area (TPSA) is 79.0 Å². The predicted molar refractivity (Wildman–Crippen MR) is 90.1 cm³/mol. The van der Waals surface area contributed by atoms with E-state index < -0.39 is 6.04 Å². The molecule has 1 aromatic carbocycles.